The van der Waals surface area contributed by atoms with Gasteiger partial charge in [0.25, 0.3) is 5.91 Å². The van der Waals surface area contributed by atoms with Crippen LogP contribution in [0.3, 0.4) is 0 Å². The van der Waals surface area contributed by atoms with E-state index in [0.717, 1.165) is 22.3 Å². The van der Waals surface area contributed by atoms with E-state index in [2.05, 4.69) is 5.32 Å². The lowest BCUT2D eigenvalue weighted by molar-refractivity contribution is -0.142. The van der Waals surface area contributed by atoms with Crippen LogP contribution in [0.1, 0.15) is 36.1 Å². The highest BCUT2D eigenvalue weighted by Gasteiger charge is 2.31. The molecule has 0 aliphatic heterocycles. The first kappa shape index (κ1) is 27.3. The third kappa shape index (κ3) is 7.85. The van der Waals surface area contributed by atoms with Gasteiger partial charge in [0.2, 0.25) is 5.91 Å². The molecule has 2 amide bonds. The number of nitrogens with one attached hydrogen (secondary N) is 1. The second kappa shape index (κ2) is 13.1. The maximum absolute atomic E-state index is 13.6. The van der Waals surface area contributed by atoms with Crippen molar-refractivity contribution >= 4 is 23.4 Å². The summed E-state index contributed by atoms with van der Waals surface area (Å²) in [6, 6.07) is 22.1. The third-order valence-corrected chi connectivity index (χ3v) is 6.46. The van der Waals surface area contributed by atoms with E-state index >= 15 is 0 Å². The lowest BCUT2D eigenvalue weighted by atomic mass is 10.0. The first-order valence-electron chi connectivity index (χ1n) is 12.3. The first-order valence-corrected chi connectivity index (χ1v) is 12.7. The van der Waals surface area contributed by atoms with E-state index in [-0.39, 0.29) is 30.9 Å². The van der Waals surface area contributed by atoms with Crippen molar-refractivity contribution in [3.8, 4) is 5.75 Å². The monoisotopic (exact) mass is 506 g/mol. The molecule has 1 N–H and O–H groups in total. The highest BCUT2D eigenvalue weighted by molar-refractivity contribution is 6.31. The number of amides is 2. The molecule has 0 aliphatic carbocycles. The van der Waals surface area contributed by atoms with Gasteiger partial charge in [-0.1, -0.05) is 80.0 Å². The van der Waals surface area contributed by atoms with Crippen LogP contribution in [0.4, 0.5) is 0 Å². The minimum absolute atomic E-state index is 0.185. The smallest absolute Gasteiger partial charge is 0.261 e. The molecule has 0 bridgehead atoms. The SMILES string of the molecule is Cc1ccc(OCC(=O)N(Cc2ccccc2Cl)[C@H](Cc2ccccc2)C(=O)NCC(C)C)cc1C. The molecule has 0 heterocycles. The molecule has 5 nitrogen and oxygen atoms in total. The Bertz CT molecular complexity index is 1160. The number of hydrogen-bond acceptors (Lipinski definition) is 3. The largest absolute Gasteiger partial charge is 0.484 e. The molecule has 190 valence electrons. The third-order valence-electron chi connectivity index (χ3n) is 6.09. The molecule has 0 aromatic heterocycles. The Morgan fingerprint density at radius 3 is 2.31 bits per heavy atom. The van der Waals surface area contributed by atoms with E-state index in [4.69, 9.17) is 16.3 Å². The van der Waals surface area contributed by atoms with E-state index in [1.54, 1.807) is 11.0 Å². The Morgan fingerprint density at radius 2 is 1.64 bits per heavy atom. The number of carbonyl (C=O) groups is 2. The molecule has 0 saturated carbocycles. The second-order valence-corrected chi connectivity index (χ2v) is 9.90. The van der Waals surface area contributed by atoms with Crippen LogP contribution < -0.4 is 10.1 Å². The van der Waals surface area contributed by atoms with Crippen LogP contribution >= 0.6 is 11.6 Å². The van der Waals surface area contributed by atoms with Gasteiger partial charge in [0.05, 0.1) is 0 Å². The Morgan fingerprint density at radius 1 is 0.944 bits per heavy atom. The first-order chi connectivity index (χ1) is 17.2. The van der Waals surface area contributed by atoms with Crippen molar-refractivity contribution in [3.05, 3.63) is 100 Å². The maximum Gasteiger partial charge on any atom is 0.261 e. The molecule has 0 saturated heterocycles. The summed E-state index contributed by atoms with van der Waals surface area (Å²) in [6.45, 7) is 8.64. The average Bonchev–Trinajstić information content (AvgIpc) is 2.86. The van der Waals surface area contributed by atoms with Gasteiger partial charge >= 0.3 is 0 Å². The van der Waals surface area contributed by atoms with E-state index in [0.29, 0.717) is 23.7 Å². The van der Waals surface area contributed by atoms with Crippen molar-refractivity contribution in [3.63, 3.8) is 0 Å². The number of carbonyl (C=O) groups excluding carboxylic acids is 2. The molecule has 0 unspecified atom stereocenters. The number of rotatable bonds is 11. The van der Waals surface area contributed by atoms with E-state index < -0.39 is 6.04 Å². The fourth-order valence-electron chi connectivity index (χ4n) is 3.82. The summed E-state index contributed by atoms with van der Waals surface area (Å²) in [5.74, 6) is 0.424. The number of ether oxygens (including phenoxy) is 1. The fourth-order valence-corrected chi connectivity index (χ4v) is 4.01. The van der Waals surface area contributed by atoms with Gasteiger partial charge in [-0.3, -0.25) is 9.59 Å². The van der Waals surface area contributed by atoms with E-state index in [1.807, 2.05) is 94.4 Å². The Labute approximate surface area is 219 Å². The summed E-state index contributed by atoms with van der Waals surface area (Å²) < 4.78 is 5.87. The zero-order chi connectivity index (χ0) is 26.1. The van der Waals surface area contributed by atoms with Gasteiger partial charge in [-0.15, -0.1) is 0 Å². The highest BCUT2D eigenvalue weighted by atomic mass is 35.5. The molecular weight excluding hydrogens is 472 g/mol. The molecule has 3 aromatic carbocycles. The summed E-state index contributed by atoms with van der Waals surface area (Å²) in [6.07, 6.45) is 0.380. The number of nitrogens with zero attached hydrogens (tertiary/aromatic N) is 1. The van der Waals surface area contributed by atoms with Crippen molar-refractivity contribution in [2.24, 2.45) is 5.92 Å². The standard InChI is InChI=1S/C30H35ClN2O3/c1-21(2)18-32-30(35)28(17-24-10-6-5-7-11-24)33(19-25-12-8-9-13-27(25)31)29(34)20-36-26-15-14-22(3)23(4)16-26/h5-16,21,28H,17-20H2,1-4H3,(H,32,35)/t28-/m1/s1. The van der Waals surface area contributed by atoms with Crippen LogP contribution in [-0.4, -0.2) is 35.9 Å². The molecule has 36 heavy (non-hydrogen) atoms. The molecule has 0 spiro atoms. The average molecular weight is 507 g/mol. The lowest BCUT2D eigenvalue weighted by Gasteiger charge is -2.32. The van der Waals surface area contributed by atoms with Gasteiger partial charge in [0, 0.05) is 24.5 Å². The molecule has 0 fully saturated rings. The number of hydrogen-bond donors (Lipinski definition) is 1. The van der Waals surface area contributed by atoms with Crippen molar-refractivity contribution in [1.82, 2.24) is 10.2 Å². The van der Waals surface area contributed by atoms with E-state index in [9.17, 15) is 9.59 Å². The summed E-state index contributed by atoms with van der Waals surface area (Å²) in [7, 11) is 0. The topological polar surface area (TPSA) is 58.6 Å². The predicted octanol–water partition coefficient (Wildman–Crippen LogP) is 5.75. The van der Waals surface area contributed by atoms with Gasteiger partial charge in [-0.2, -0.15) is 0 Å². The molecule has 6 heteroatoms. The minimum Gasteiger partial charge on any atom is -0.484 e. The summed E-state index contributed by atoms with van der Waals surface area (Å²) >= 11 is 6.46. The Balaban J connectivity index is 1.91. The Kier molecular flexibility index (Phi) is 9.95. The van der Waals surface area contributed by atoms with E-state index in [1.165, 1.54) is 0 Å². The van der Waals surface area contributed by atoms with Gasteiger partial charge in [0.15, 0.2) is 6.61 Å². The second-order valence-electron chi connectivity index (χ2n) is 9.49. The maximum atomic E-state index is 13.6. The molecule has 0 radical (unpaired) electrons. The van der Waals surface area contributed by atoms with Gasteiger partial charge < -0.3 is 15.0 Å². The molecular formula is C30H35ClN2O3. The summed E-state index contributed by atoms with van der Waals surface area (Å²) in [5.41, 5.74) is 3.98. The lowest BCUT2D eigenvalue weighted by Crippen LogP contribution is -2.52. The predicted molar refractivity (Wildman–Crippen MR) is 145 cm³/mol. The zero-order valence-electron chi connectivity index (χ0n) is 21.5. The van der Waals surface area contributed by atoms with Crippen LogP contribution in [0.15, 0.2) is 72.8 Å². The van der Waals surface area contributed by atoms with Crippen LogP contribution in [0, 0.1) is 19.8 Å². The van der Waals surface area contributed by atoms with Gasteiger partial charge in [-0.25, -0.2) is 0 Å². The van der Waals surface area contributed by atoms with Crippen molar-refractivity contribution in [2.75, 3.05) is 13.2 Å². The van der Waals surface area contributed by atoms with Crippen LogP contribution in [0.25, 0.3) is 0 Å². The number of aryl methyl sites for hydroxylation is 2. The fraction of sp³-hybridized carbons (Fsp3) is 0.333. The molecule has 3 aromatic rings. The van der Waals surface area contributed by atoms with Gasteiger partial charge in [0.1, 0.15) is 11.8 Å². The quantitative estimate of drug-likeness (QED) is 0.360. The van der Waals surface area contributed by atoms with Crippen LogP contribution in [0.5, 0.6) is 5.75 Å². The molecule has 0 aliphatic rings. The molecule has 1 atom stereocenters. The zero-order valence-corrected chi connectivity index (χ0v) is 22.2. The normalized spacial score (nSPS) is 11.7. The van der Waals surface area contributed by atoms with Crippen molar-refractivity contribution < 1.29 is 14.3 Å². The van der Waals surface area contributed by atoms with Crippen LogP contribution in [0.2, 0.25) is 5.02 Å². The molecule has 3 rings (SSSR count). The highest BCUT2D eigenvalue weighted by Crippen LogP contribution is 2.21. The summed E-state index contributed by atoms with van der Waals surface area (Å²) in [4.78, 5) is 28.7. The Hall–Kier alpha value is -3.31. The summed E-state index contributed by atoms with van der Waals surface area (Å²) in [5, 5.41) is 3.57. The van der Waals surface area contributed by atoms with Crippen LogP contribution in [-0.2, 0) is 22.6 Å². The van der Waals surface area contributed by atoms with Crippen molar-refractivity contribution in [1.29, 1.82) is 0 Å². The minimum atomic E-state index is -0.724. The van der Waals surface area contributed by atoms with Crippen molar-refractivity contribution in [2.45, 2.75) is 46.7 Å². The number of halogens is 1. The number of benzene rings is 3. The van der Waals surface area contributed by atoms with Gasteiger partial charge in [-0.05, 0) is 60.2 Å².